The van der Waals surface area contributed by atoms with Crippen molar-refractivity contribution in [1.82, 2.24) is 4.90 Å². The van der Waals surface area contributed by atoms with Gasteiger partial charge < -0.3 is 4.90 Å². The van der Waals surface area contributed by atoms with Crippen molar-refractivity contribution in [3.05, 3.63) is 48.0 Å². The van der Waals surface area contributed by atoms with Gasteiger partial charge in [-0.3, -0.25) is 4.79 Å². The van der Waals surface area contributed by atoms with E-state index in [1.165, 1.54) is 51.4 Å². The summed E-state index contributed by atoms with van der Waals surface area (Å²) in [6.07, 6.45) is 12.4. The molecule has 0 saturated carbocycles. The van der Waals surface area contributed by atoms with Gasteiger partial charge in [-0.25, -0.2) is 0 Å². The van der Waals surface area contributed by atoms with Crippen molar-refractivity contribution in [2.24, 2.45) is 0 Å². The number of unbranched alkanes of at least 4 members (excludes halogenated alkanes) is 8. The van der Waals surface area contributed by atoms with Crippen molar-refractivity contribution in [3.8, 4) is 0 Å². The Kier molecular flexibility index (Phi) is 9.97. The van der Waals surface area contributed by atoms with Gasteiger partial charge in [0.1, 0.15) is 0 Å². The summed E-state index contributed by atoms with van der Waals surface area (Å²) in [4.78, 5) is 15.4. The topological polar surface area (TPSA) is 20.3 Å². The van der Waals surface area contributed by atoms with Gasteiger partial charge in [0.15, 0.2) is 0 Å². The van der Waals surface area contributed by atoms with Crippen LogP contribution in [0.1, 0.15) is 88.4 Å². The third-order valence-corrected chi connectivity index (χ3v) is 5.37. The van der Waals surface area contributed by atoms with Crippen LogP contribution in [-0.2, 0) is 0 Å². The third-order valence-electron chi connectivity index (χ3n) is 5.37. The highest BCUT2D eigenvalue weighted by atomic mass is 16.2. The van der Waals surface area contributed by atoms with Gasteiger partial charge in [0.2, 0.25) is 0 Å². The Morgan fingerprint density at radius 3 is 1.89 bits per heavy atom. The van der Waals surface area contributed by atoms with Crippen molar-refractivity contribution in [2.45, 2.75) is 78.1 Å². The Morgan fingerprint density at radius 2 is 1.26 bits per heavy atom. The smallest absolute Gasteiger partial charge is 0.254 e. The molecule has 0 aliphatic heterocycles. The maximum absolute atomic E-state index is 13.3. The van der Waals surface area contributed by atoms with E-state index in [1.54, 1.807) is 0 Å². The Balaban J connectivity index is 2.03. The van der Waals surface area contributed by atoms with Gasteiger partial charge >= 0.3 is 0 Å². The van der Waals surface area contributed by atoms with Crippen LogP contribution < -0.4 is 0 Å². The molecular weight excluding hydrogens is 330 g/mol. The number of carbonyl (C=O) groups is 1. The highest BCUT2D eigenvalue weighted by molar-refractivity contribution is 6.07. The molecule has 2 nitrogen and oxygen atoms in total. The second kappa shape index (κ2) is 12.5. The second-order valence-corrected chi connectivity index (χ2v) is 7.65. The highest BCUT2D eigenvalue weighted by Crippen LogP contribution is 2.21. The molecule has 2 rings (SSSR count). The number of carbonyl (C=O) groups excluding carboxylic acids is 1. The Morgan fingerprint density at radius 1 is 0.704 bits per heavy atom. The van der Waals surface area contributed by atoms with Crippen LogP contribution in [-0.4, -0.2) is 23.9 Å². The summed E-state index contributed by atoms with van der Waals surface area (Å²) in [6.45, 7) is 6.26. The van der Waals surface area contributed by atoms with Gasteiger partial charge in [-0.1, -0.05) is 102 Å². The zero-order chi connectivity index (χ0) is 19.3. The molecule has 0 atom stereocenters. The minimum Gasteiger partial charge on any atom is -0.339 e. The van der Waals surface area contributed by atoms with Gasteiger partial charge in [0, 0.05) is 18.7 Å². The predicted octanol–water partition coefficient (Wildman–Crippen LogP) is 7.22. The van der Waals surface area contributed by atoms with Crippen LogP contribution >= 0.6 is 0 Å². The molecule has 2 heteroatoms. The second-order valence-electron chi connectivity index (χ2n) is 7.65. The number of nitrogens with zero attached hydrogens (tertiary/aromatic N) is 1. The Bertz CT molecular complexity index is 660. The van der Waals surface area contributed by atoms with Crippen LogP contribution in [0.3, 0.4) is 0 Å². The monoisotopic (exact) mass is 367 g/mol. The van der Waals surface area contributed by atoms with E-state index in [2.05, 4.69) is 36.9 Å². The minimum absolute atomic E-state index is 0.206. The lowest BCUT2D eigenvalue weighted by Crippen LogP contribution is -2.33. The lowest BCUT2D eigenvalue weighted by molar-refractivity contribution is 0.0751. The summed E-state index contributed by atoms with van der Waals surface area (Å²) in [5.74, 6) is 0.206. The number of fused-ring (bicyclic) bond motifs is 1. The molecular formula is C25H37NO. The number of hydrogen-bond donors (Lipinski definition) is 0. The van der Waals surface area contributed by atoms with Crippen molar-refractivity contribution in [3.63, 3.8) is 0 Å². The number of benzene rings is 2. The number of hydrogen-bond acceptors (Lipinski definition) is 1. The maximum Gasteiger partial charge on any atom is 0.254 e. The van der Waals surface area contributed by atoms with Crippen LogP contribution in [0.2, 0.25) is 0 Å². The summed E-state index contributed by atoms with van der Waals surface area (Å²) in [5.41, 5.74) is 0.857. The van der Waals surface area contributed by atoms with E-state index < -0.39 is 0 Å². The quantitative estimate of drug-likeness (QED) is 0.342. The van der Waals surface area contributed by atoms with Gasteiger partial charge in [0.25, 0.3) is 5.91 Å². The lowest BCUT2D eigenvalue weighted by atomic mass is 10.0. The van der Waals surface area contributed by atoms with Crippen molar-refractivity contribution in [2.75, 3.05) is 13.1 Å². The fourth-order valence-electron chi connectivity index (χ4n) is 3.71. The average Bonchev–Trinajstić information content (AvgIpc) is 2.71. The number of rotatable bonds is 13. The molecule has 0 radical (unpaired) electrons. The van der Waals surface area contributed by atoms with Gasteiger partial charge in [0.05, 0.1) is 0 Å². The predicted molar refractivity (Wildman–Crippen MR) is 117 cm³/mol. The third kappa shape index (κ3) is 7.01. The molecule has 0 aliphatic rings. The van der Waals surface area contributed by atoms with Crippen LogP contribution in [0.25, 0.3) is 10.8 Å². The number of amides is 1. The molecule has 27 heavy (non-hydrogen) atoms. The molecule has 1 amide bonds. The molecule has 0 fully saturated rings. The van der Waals surface area contributed by atoms with E-state index in [1.807, 2.05) is 24.3 Å². The first-order valence-corrected chi connectivity index (χ1v) is 11.0. The van der Waals surface area contributed by atoms with Gasteiger partial charge in [-0.05, 0) is 29.7 Å². The molecule has 2 aromatic rings. The van der Waals surface area contributed by atoms with Gasteiger partial charge in [-0.2, -0.15) is 0 Å². The van der Waals surface area contributed by atoms with Crippen molar-refractivity contribution in [1.29, 1.82) is 0 Å². The van der Waals surface area contributed by atoms with E-state index in [-0.39, 0.29) is 5.91 Å². The molecule has 2 aromatic carbocycles. The molecule has 0 spiro atoms. The summed E-state index contributed by atoms with van der Waals surface area (Å²) < 4.78 is 0. The van der Waals surface area contributed by atoms with Crippen LogP contribution in [0, 0.1) is 0 Å². The van der Waals surface area contributed by atoms with E-state index in [0.29, 0.717) is 0 Å². The summed E-state index contributed by atoms with van der Waals surface area (Å²) in [7, 11) is 0. The largest absolute Gasteiger partial charge is 0.339 e. The van der Waals surface area contributed by atoms with E-state index in [4.69, 9.17) is 0 Å². The maximum atomic E-state index is 13.3. The fraction of sp³-hybridized carbons (Fsp3) is 0.560. The molecule has 0 saturated heterocycles. The fourth-order valence-corrected chi connectivity index (χ4v) is 3.71. The van der Waals surface area contributed by atoms with E-state index in [9.17, 15) is 4.79 Å². The lowest BCUT2D eigenvalue weighted by Gasteiger charge is -2.24. The first-order valence-electron chi connectivity index (χ1n) is 11.0. The molecule has 0 bridgehead atoms. The normalized spacial score (nSPS) is 11.0. The average molecular weight is 368 g/mol. The summed E-state index contributed by atoms with van der Waals surface area (Å²) in [6, 6.07) is 14.3. The summed E-state index contributed by atoms with van der Waals surface area (Å²) in [5, 5.41) is 2.22. The molecule has 148 valence electrons. The first-order chi connectivity index (χ1) is 13.3. The van der Waals surface area contributed by atoms with Crippen molar-refractivity contribution < 1.29 is 4.79 Å². The molecule has 0 unspecified atom stereocenters. The Labute approximate surface area is 166 Å². The molecule has 0 heterocycles. The standard InChI is InChI=1S/C25H37NO/c1-3-5-7-9-13-20-26(21-14-10-8-6-4-2)25(27)24-19-15-17-22-16-11-12-18-23(22)24/h11-12,15-19H,3-10,13-14,20-21H2,1-2H3. The van der Waals surface area contributed by atoms with E-state index >= 15 is 0 Å². The van der Waals surface area contributed by atoms with Crippen LogP contribution in [0.4, 0.5) is 0 Å². The van der Waals surface area contributed by atoms with E-state index in [0.717, 1.165) is 42.3 Å². The highest BCUT2D eigenvalue weighted by Gasteiger charge is 2.17. The molecule has 0 N–H and O–H groups in total. The van der Waals surface area contributed by atoms with Gasteiger partial charge in [-0.15, -0.1) is 0 Å². The first kappa shape index (κ1) is 21.5. The van der Waals surface area contributed by atoms with Crippen molar-refractivity contribution >= 4 is 16.7 Å². The SMILES string of the molecule is CCCCCCCN(CCCCCCC)C(=O)c1cccc2ccccc12. The summed E-state index contributed by atoms with van der Waals surface area (Å²) >= 11 is 0. The molecule has 0 aliphatic carbocycles. The van der Waals surface area contributed by atoms with Crippen LogP contribution in [0.5, 0.6) is 0 Å². The minimum atomic E-state index is 0.206. The zero-order valence-corrected chi connectivity index (χ0v) is 17.4. The molecule has 0 aromatic heterocycles. The Hall–Kier alpha value is -1.83. The van der Waals surface area contributed by atoms with Crippen LogP contribution in [0.15, 0.2) is 42.5 Å². The zero-order valence-electron chi connectivity index (χ0n) is 17.4.